The van der Waals surface area contributed by atoms with Crippen molar-refractivity contribution >= 4 is 21.4 Å². The van der Waals surface area contributed by atoms with Crippen molar-refractivity contribution in [2.24, 2.45) is 5.73 Å². The van der Waals surface area contributed by atoms with E-state index in [9.17, 15) is 8.42 Å². The number of hydrogen-bond donors (Lipinski definition) is 3. The highest BCUT2D eigenvalue weighted by atomic mass is 32.2. The lowest BCUT2D eigenvalue weighted by Gasteiger charge is -2.14. The minimum absolute atomic E-state index is 0.0347. The summed E-state index contributed by atoms with van der Waals surface area (Å²) < 4.78 is 27.5. The first-order valence-corrected chi connectivity index (χ1v) is 8.51. The lowest BCUT2D eigenvalue weighted by Crippen LogP contribution is -2.29. The Kier molecular flexibility index (Phi) is 4.53. The molecule has 0 bridgehead atoms. The zero-order valence-electron chi connectivity index (χ0n) is 11.3. The molecule has 2 rings (SSSR count). The van der Waals surface area contributed by atoms with Gasteiger partial charge in [-0.25, -0.2) is 13.4 Å². The van der Waals surface area contributed by atoms with E-state index in [2.05, 4.69) is 19.9 Å². The lowest BCUT2D eigenvalue weighted by molar-refractivity contribution is 0.544. The summed E-state index contributed by atoms with van der Waals surface area (Å²) in [6, 6.07) is -0.359. The maximum Gasteiger partial charge on any atom is 0.260 e. The number of rotatable bonds is 6. The monoisotopic (exact) mass is 315 g/mol. The van der Waals surface area contributed by atoms with Crippen LogP contribution in [0, 0.1) is 6.92 Å². The molecule has 0 radical (unpaired) electrons. The Morgan fingerprint density at radius 3 is 2.85 bits per heavy atom. The number of thiazole rings is 1. The van der Waals surface area contributed by atoms with Gasteiger partial charge in [-0.2, -0.15) is 9.82 Å². The van der Waals surface area contributed by atoms with Gasteiger partial charge in [-0.05, 0) is 13.3 Å². The highest BCUT2D eigenvalue weighted by molar-refractivity contribution is 7.89. The van der Waals surface area contributed by atoms with Crippen molar-refractivity contribution in [2.45, 2.75) is 37.9 Å². The topological polar surface area (TPSA) is 114 Å². The minimum atomic E-state index is -3.73. The Morgan fingerprint density at radius 1 is 1.55 bits per heavy atom. The SMILES string of the molecule is CCC(NS(=O)(=O)c1n[nH]c(C)c1CN)c1nccs1. The predicted octanol–water partition coefficient (Wildman–Crippen LogP) is 1.06. The maximum absolute atomic E-state index is 12.4. The van der Waals surface area contributed by atoms with E-state index in [0.29, 0.717) is 17.7 Å². The number of nitrogens with one attached hydrogen (secondary N) is 2. The van der Waals surface area contributed by atoms with Crippen molar-refractivity contribution in [3.8, 4) is 0 Å². The second kappa shape index (κ2) is 6.00. The smallest absolute Gasteiger partial charge is 0.260 e. The first-order valence-electron chi connectivity index (χ1n) is 6.15. The Balaban J connectivity index is 2.31. The largest absolute Gasteiger partial charge is 0.326 e. The third-order valence-corrected chi connectivity index (χ3v) is 5.28. The average Bonchev–Trinajstić information content (AvgIpc) is 3.05. The number of sulfonamides is 1. The van der Waals surface area contributed by atoms with Gasteiger partial charge in [0.05, 0.1) is 6.04 Å². The molecular weight excluding hydrogens is 298 g/mol. The van der Waals surface area contributed by atoms with Crippen molar-refractivity contribution in [2.75, 3.05) is 0 Å². The molecule has 0 spiro atoms. The van der Waals surface area contributed by atoms with Crippen LogP contribution in [-0.2, 0) is 16.6 Å². The quantitative estimate of drug-likeness (QED) is 0.737. The molecule has 1 unspecified atom stereocenters. The third kappa shape index (κ3) is 2.90. The Hall–Kier alpha value is -1.29. The molecule has 20 heavy (non-hydrogen) atoms. The normalized spacial score (nSPS) is 13.6. The zero-order valence-corrected chi connectivity index (χ0v) is 12.9. The Bertz CT molecular complexity index is 663. The van der Waals surface area contributed by atoms with Gasteiger partial charge in [-0.15, -0.1) is 11.3 Å². The second-order valence-corrected chi connectivity index (χ2v) is 6.84. The van der Waals surface area contributed by atoms with Gasteiger partial charge in [0.1, 0.15) is 5.01 Å². The first kappa shape index (κ1) is 15.1. The van der Waals surface area contributed by atoms with Crippen LogP contribution in [0.2, 0.25) is 0 Å². The molecule has 0 aliphatic rings. The number of aryl methyl sites for hydroxylation is 1. The van der Waals surface area contributed by atoms with Crippen LogP contribution in [0.25, 0.3) is 0 Å². The van der Waals surface area contributed by atoms with Crippen molar-refractivity contribution in [3.63, 3.8) is 0 Å². The molecule has 0 aromatic carbocycles. The summed E-state index contributed by atoms with van der Waals surface area (Å²) in [5.74, 6) is 0. The molecule has 0 saturated heterocycles. The van der Waals surface area contributed by atoms with Crippen LogP contribution in [-0.4, -0.2) is 23.6 Å². The van der Waals surface area contributed by atoms with Gasteiger partial charge in [0.25, 0.3) is 10.0 Å². The molecule has 4 N–H and O–H groups in total. The van der Waals surface area contributed by atoms with E-state index in [0.717, 1.165) is 5.01 Å². The van der Waals surface area contributed by atoms with Crippen LogP contribution in [0.3, 0.4) is 0 Å². The molecular formula is C11H17N5O2S2. The van der Waals surface area contributed by atoms with Crippen LogP contribution in [0.1, 0.15) is 35.7 Å². The van der Waals surface area contributed by atoms with Gasteiger partial charge in [-0.1, -0.05) is 6.92 Å². The van der Waals surface area contributed by atoms with Crippen molar-refractivity contribution in [3.05, 3.63) is 27.8 Å². The van der Waals surface area contributed by atoms with E-state index in [1.54, 1.807) is 13.1 Å². The van der Waals surface area contributed by atoms with E-state index >= 15 is 0 Å². The fourth-order valence-corrected chi connectivity index (χ4v) is 4.19. The summed E-state index contributed by atoms with van der Waals surface area (Å²) in [6.45, 7) is 3.76. The molecule has 0 fully saturated rings. The third-order valence-electron chi connectivity index (χ3n) is 2.95. The number of H-pyrrole nitrogens is 1. The van der Waals surface area contributed by atoms with Crippen molar-refractivity contribution in [1.82, 2.24) is 19.9 Å². The highest BCUT2D eigenvalue weighted by Crippen LogP contribution is 2.23. The zero-order chi connectivity index (χ0) is 14.8. The summed E-state index contributed by atoms with van der Waals surface area (Å²) in [7, 11) is -3.73. The highest BCUT2D eigenvalue weighted by Gasteiger charge is 2.27. The van der Waals surface area contributed by atoms with E-state index in [1.807, 2.05) is 12.3 Å². The first-order chi connectivity index (χ1) is 9.49. The number of nitrogens with two attached hydrogens (primary N) is 1. The van der Waals surface area contributed by atoms with Gasteiger partial charge in [0.2, 0.25) is 0 Å². The predicted molar refractivity (Wildman–Crippen MR) is 76.7 cm³/mol. The molecule has 2 aromatic rings. The number of nitrogens with zero attached hydrogens (tertiary/aromatic N) is 2. The van der Waals surface area contributed by atoms with E-state index in [-0.39, 0.29) is 17.6 Å². The molecule has 1 atom stereocenters. The molecule has 0 aliphatic carbocycles. The fraction of sp³-hybridized carbons (Fsp3) is 0.455. The molecule has 7 nitrogen and oxygen atoms in total. The van der Waals surface area contributed by atoms with Crippen LogP contribution in [0.5, 0.6) is 0 Å². The summed E-state index contributed by atoms with van der Waals surface area (Å²) in [6.07, 6.45) is 2.26. The minimum Gasteiger partial charge on any atom is -0.326 e. The second-order valence-electron chi connectivity index (χ2n) is 4.29. The standard InChI is InChI=1S/C11H17N5O2S2/c1-3-9(10-13-4-5-19-10)16-20(17,18)11-8(6-12)7(2)14-15-11/h4-5,9,16H,3,6,12H2,1-2H3,(H,14,15). The lowest BCUT2D eigenvalue weighted by atomic mass is 10.3. The molecule has 0 aliphatic heterocycles. The molecule has 0 saturated carbocycles. The number of aromatic nitrogens is 3. The van der Waals surface area contributed by atoms with Gasteiger partial charge >= 0.3 is 0 Å². The summed E-state index contributed by atoms with van der Waals surface area (Å²) in [5.41, 5.74) is 6.76. The number of aromatic amines is 1. The van der Waals surface area contributed by atoms with Crippen LogP contribution in [0.15, 0.2) is 16.6 Å². The van der Waals surface area contributed by atoms with E-state index in [1.165, 1.54) is 11.3 Å². The molecule has 110 valence electrons. The van der Waals surface area contributed by atoms with Gasteiger partial charge in [0.15, 0.2) is 5.03 Å². The van der Waals surface area contributed by atoms with Crippen molar-refractivity contribution in [1.29, 1.82) is 0 Å². The van der Waals surface area contributed by atoms with Crippen LogP contribution in [0.4, 0.5) is 0 Å². The van der Waals surface area contributed by atoms with E-state index < -0.39 is 10.0 Å². The van der Waals surface area contributed by atoms with Gasteiger partial charge in [0, 0.05) is 29.4 Å². The maximum atomic E-state index is 12.4. The average molecular weight is 315 g/mol. The van der Waals surface area contributed by atoms with Crippen LogP contribution < -0.4 is 10.5 Å². The van der Waals surface area contributed by atoms with Crippen molar-refractivity contribution < 1.29 is 8.42 Å². The Labute approximate surface area is 121 Å². The van der Waals surface area contributed by atoms with Crippen LogP contribution >= 0.6 is 11.3 Å². The summed E-state index contributed by atoms with van der Waals surface area (Å²) in [5, 5.41) is 9.03. The fourth-order valence-electron chi connectivity index (χ4n) is 1.85. The van der Waals surface area contributed by atoms with Gasteiger partial charge in [-0.3, -0.25) is 5.10 Å². The van der Waals surface area contributed by atoms with Gasteiger partial charge < -0.3 is 5.73 Å². The number of hydrogen-bond acceptors (Lipinski definition) is 6. The summed E-state index contributed by atoms with van der Waals surface area (Å²) in [4.78, 5) is 4.15. The summed E-state index contributed by atoms with van der Waals surface area (Å²) >= 11 is 1.42. The molecule has 9 heteroatoms. The van der Waals surface area contributed by atoms with E-state index in [4.69, 9.17) is 5.73 Å². The molecule has 0 amide bonds. The Morgan fingerprint density at radius 2 is 2.30 bits per heavy atom. The molecule has 2 heterocycles. The molecule has 2 aromatic heterocycles.